The van der Waals surface area contributed by atoms with Crippen molar-refractivity contribution in [2.24, 2.45) is 17.8 Å². The van der Waals surface area contributed by atoms with Crippen LogP contribution in [0.4, 0.5) is 0 Å². The summed E-state index contributed by atoms with van der Waals surface area (Å²) in [5.74, 6) is 1.96. The molecule has 0 unspecified atom stereocenters. The number of ether oxygens (including phenoxy) is 2. The van der Waals surface area contributed by atoms with Gasteiger partial charge in [-0.25, -0.2) is 0 Å². The van der Waals surface area contributed by atoms with Gasteiger partial charge < -0.3 is 19.9 Å². The number of benzene rings is 1. The Bertz CT molecular complexity index is 689. The average Bonchev–Trinajstić information content (AvgIpc) is 3.41. The standard InChI is InChI=1S/C23H31NO4/c25-14-17-7-9-18(10-8-17)15-27-22-12-20(19-3-1-2-4-19)11-21(28-22)23(26)24-13-16-5-6-16/h7-11,16,19-20,22,25H,1-6,12-15H2,(H,24,26)/t20-,22+/m1/s1. The Hall–Kier alpha value is -1.85. The quantitative estimate of drug-likeness (QED) is 0.717. The van der Waals surface area contributed by atoms with Gasteiger partial charge in [0.1, 0.15) is 0 Å². The monoisotopic (exact) mass is 385 g/mol. The van der Waals surface area contributed by atoms with Gasteiger partial charge >= 0.3 is 0 Å². The zero-order valence-corrected chi connectivity index (χ0v) is 16.4. The summed E-state index contributed by atoms with van der Waals surface area (Å²) in [6.07, 6.45) is 9.91. The predicted octanol–water partition coefficient (Wildman–Crippen LogP) is 3.66. The summed E-state index contributed by atoms with van der Waals surface area (Å²) in [6, 6.07) is 7.72. The molecule has 1 aromatic carbocycles. The summed E-state index contributed by atoms with van der Waals surface area (Å²) >= 11 is 0. The smallest absolute Gasteiger partial charge is 0.286 e. The highest BCUT2D eigenvalue weighted by Crippen LogP contribution is 2.38. The Labute approximate surface area is 167 Å². The van der Waals surface area contributed by atoms with Crippen LogP contribution >= 0.6 is 0 Å². The number of amides is 1. The van der Waals surface area contributed by atoms with Crippen LogP contribution in [0.5, 0.6) is 0 Å². The lowest BCUT2D eigenvalue weighted by Crippen LogP contribution is -2.35. The summed E-state index contributed by atoms with van der Waals surface area (Å²) in [6.45, 7) is 1.22. The molecule has 2 N–H and O–H groups in total. The molecule has 1 aliphatic heterocycles. The largest absolute Gasteiger partial charge is 0.459 e. The van der Waals surface area contributed by atoms with Crippen molar-refractivity contribution >= 4 is 5.91 Å². The first-order chi connectivity index (χ1) is 13.7. The number of carbonyl (C=O) groups is 1. The predicted molar refractivity (Wildman–Crippen MR) is 106 cm³/mol. The molecule has 4 rings (SSSR count). The molecule has 1 heterocycles. The molecule has 1 aromatic rings. The van der Waals surface area contributed by atoms with E-state index in [4.69, 9.17) is 14.6 Å². The molecule has 5 nitrogen and oxygen atoms in total. The van der Waals surface area contributed by atoms with Crippen molar-refractivity contribution in [3.8, 4) is 0 Å². The number of hydrogen-bond donors (Lipinski definition) is 2. The highest BCUT2D eigenvalue weighted by atomic mass is 16.7. The lowest BCUT2D eigenvalue weighted by Gasteiger charge is -2.32. The summed E-state index contributed by atoms with van der Waals surface area (Å²) in [4.78, 5) is 12.6. The third-order valence-corrected chi connectivity index (χ3v) is 6.21. The molecule has 0 saturated heterocycles. The maximum Gasteiger partial charge on any atom is 0.286 e. The van der Waals surface area contributed by atoms with Crippen LogP contribution in [0.15, 0.2) is 36.1 Å². The Kier molecular flexibility index (Phi) is 6.33. The second-order valence-corrected chi connectivity index (χ2v) is 8.46. The first-order valence-corrected chi connectivity index (χ1v) is 10.7. The maximum atomic E-state index is 12.6. The van der Waals surface area contributed by atoms with Gasteiger partial charge in [-0.1, -0.05) is 37.1 Å². The SMILES string of the molecule is O=C(NCC1CC1)C1=C[C@@H](C2CCCC2)C[C@@H](OCc2ccc(CO)cc2)O1. The van der Waals surface area contributed by atoms with Gasteiger partial charge in [0.05, 0.1) is 13.2 Å². The highest BCUT2D eigenvalue weighted by Gasteiger charge is 2.34. The maximum absolute atomic E-state index is 12.6. The summed E-state index contributed by atoms with van der Waals surface area (Å²) in [5.41, 5.74) is 1.92. The first kappa shape index (κ1) is 19.5. The number of aliphatic hydroxyl groups excluding tert-OH is 1. The molecule has 2 atom stereocenters. The van der Waals surface area contributed by atoms with Gasteiger partial charge in [-0.15, -0.1) is 0 Å². The van der Waals surface area contributed by atoms with Crippen LogP contribution in [0.1, 0.15) is 56.1 Å². The number of allylic oxidation sites excluding steroid dienone is 1. The highest BCUT2D eigenvalue weighted by molar-refractivity contribution is 5.91. The van der Waals surface area contributed by atoms with E-state index in [0.717, 1.165) is 24.1 Å². The molecule has 2 aliphatic carbocycles. The van der Waals surface area contributed by atoms with E-state index < -0.39 is 6.29 Å². The number of carbonyl (C=O) groups excluding carboxylic acids is 1. The van der Waals surface area contributed by atoms with Crippen LogP contribution in [0, 0.1) is 17.8 Å². The first-order valence-electron chi connectivity index (χ1n) is 10.7. The molecule has 5 heteroatoms. The van der Waals surface area contributed by atoms with Gasteiger partial charge in [-0.3, -0.25) is 4.79 Å². The molecule has 2 fully saturated rings. The summed E-state index contributed by atoms with van der Waals surface area (Å²) in [7, 11) is 0. The Morgan fingerprint density at radius 1 is 1.11 bits per heavy atom. The van der Waals surface area contributed by atoms with Crippen molar-refractivity contribution in [3.05, 3.63) is 47.2 Å². The molecule has 0 aromatic heterocycles. The Morgan fingerprint density at radius 3 is 2.50 bits per heavy atom. The number of aliphatic hydroxyl groups is 1. The van der Waals surface area contributed by atoms with Crippen LogP contribution < -0.4 is 5.32 Å². The van der Waals surface area contributed by atoms with E-state index in [1.54, 1.807) is 0 Å². The van der Waals surface area contributed by atoms with Crippen LogP contribution in [-0.4, -0.2) is 23.8 Å². The van der Waals surface area contributed by atoms with Crippen LogP contribution in [-0.2, 0) is 27.5 Å². The van der Waals surface area contributed by atoms with Crippen molar-refractivity contribution in [1.82, 2.24) is 5.32 Å². The molecule has 0 radical (unpaired) electrons. The van der Waals surface area contributed by atoms with E-state index in [2.05, 4.69) is 5.32 Å². The van der Waals surface area contributed by atoms with Crippen molar-refractivity contribution in [3.63, 3.8) is 0 Å². The Balaban J connectivity index is 1.38. The van der Waals surface area contributed by atoms with E-state index in [0.29, 0.717) is 30.1 Å². The molecule has 0 spiro atoms. The van der Waals surface area contributed by atoms with Crippen molar-refractivity contribution in [2.45, 2.75) is 64.4 Å². The second-order valence-electron chi connectivity index (χ2n) is 8.46. The van der Waals surface area contributed by atoms with Gasteiger partial charge in [-0.2, -0.15) is 0 Å². The topological polar surface area (TPSA) is 67.8 Å². The number of nitrogens with one attached hydrogen (secondary N) is 1. The summed E-state index contributed by atoms with van der Waals surface area (Å²) in [5, 5.41) is 12.2. The average molecular weight is 386 g/mol. The van der Waals surface area contributed by atoms with E-state index in [9.17, 15) is 4.79 Å². The lowest BCUT2D eigenvalue weighted by atomic mass is 9.86. The van der Waals surface area contributed by atoms with E-state index in [1.165, 1.54) is 38.5 Å². The van der Waals surface area contributed by atoms with E-state index in [-0.39, 0.29) is 12.5 Å². The molecular formula is C23H31NO4. The van der Waals surface area contributed by atoms with Gasteiger partial charge in [0.15, 0.2) is 5.76 Å². The minimum atomic E-state index is -0.394. The molecule has 2 saturated carbocycles. The van der Waals surface area contributed by atoms with Gasteiger partial charge in [-0.05, 0) is 60.6 Å². The molecule has 0 bridgehead atoms. The van der Waals surface area contributed by atoms with Crippen LogP contribution in [0.2, 0.25) is 0 Å². The fourth-order valence-corrected chi connectivity index (χ4v) is 4.24. The third kappa shape index (κ3) is 5.15. The molecule has 3 aliphatic rings. The zero-order chi connectivity index (χ0) is 19.3. The van der Waals surface area contributed by atoms with Crippen LogP contribution in [0.25, 0.3) is 0 Å². The minimum Gasteiger partial charge on any atom is -0.459 e. The fourth-order valence-electron chi connectivity index (χ4n) is 4.24. The lowest BCUT2D eigenvalue weighted by molar-refractivity contribution is -0.155. The van der Waals surface area contributed by atoms with Gasteiger partial charge in [0.2, 0.25) is 6.29 Å². The number of hydrogen-bond acceptors (Lipinski definition) is 4. The zero-order valence-electron chi connectivity index (χ0n) is 16.4. The van der Waals surface area contributed by atoms with Crippen molar-refractivity contribution in [1.29, 1.82) is 0 Å². The third-order valence-electron chi connectivity index (χ3n) is 6.21. The molecular weight excluding hydrogens is 354 g/mol. The van der Waals surface area contributed by atoms with Gasteiger partial charge in [0.25, 0.3) is 5.91 Å². The van der Waals surface area contributed by atoms with E-state index >= 15 is 0 Å². The van der Waals surface area contributed by atoms with Crippen molar-refractivity contribution < 1.29 is 19.4 Å². The number of rotatable bonds is 8. The molecule has 28 heavy (non-hydrogen) atoms. The second kappa shape index (κ2) is 9.10. The van der Waals surface area contributed by atoms with Crippen molar-refractivity contribution in [2.75, 3.05) is 6.54 Å². The molecule has 1 amide bonds. The van der Waals surface area contributed by atoms with Crippen LogP contribution in [0.3, 0.4) is 0 Å². The fraction of sp³-hybridized carbons (Fsp3) is 0.609. The van der Waals surface area contributed by atoms with Gasteiger partial charge in [0, 0.05) is 13.0 Å². The molecule has 152 valence electrons. The normalized spacial score (nSPS) is 25.2. The van der Waals surface area contributed by atoms with E-state index in [1.807, 2.05) is 30.3 Å². The minimum absolute atomic E-state index is 0.0417. The summed E-state index contributed by atoms with van der Waals surface area (Å²) < 4.78 is 12.0. The Morgan fingerprint density at radius 2 is 1.82 bits per heavy atom.